The largest absolute Gasteiger partial charge is 0.445 e. The van der Waals surface area contributed by atoms with Crippen molar-refractivity contribution in [3.05, 3.63) is 113 Å². The third-order valence-electron chi connectivity index (χ3n) is 7.27. The van der Waals surface area contributed by atoms with Crippen molar-refractivity contribution in [1.82, 2.24) is 15.5 Å². The third-order valence-corrected chi connectivity index (χ3v) is 9.33. The van der Waals surface area contributed by atoms with Crippen molar-refractivity contribution in [2.45, 2.75) is 49.8 Å². The van der Waals surface area contributed by atoms with Crippen molar-refractivity contribution in [2.24, 2.45) is 5.92 Å². The van der Waals surface area contributed by atoms with Crippen LogP contribution in [0.4, 0.5) is 4.79 Å². The Hall–Kier alpha value is -3.54. The highest BCUT2D eigenvalue weighted by molar-refractivity contribution is 8.01. The Morgan fingerprint density at radius 3 is 2.51 bits per heavy atom. The fraction of sp³-hybridized carbons (Fsp3) is 0.303. The van der Waals surface area contributed by atoms with Crippen molar-refractivity contribution in [3.8, 4) is 11.1 Å². The fourth-order valence-corrected chi connectivity index (χ4v) is 6.93. The Balaban J connectivity index is 1.35. The molecule has 0 radical (unpaired) electrons. The van der Waals surface area contributed by atoms with E-state index in [0.717, 1.165) is 42.7 Å². The average molecular weight is 618 g/mol. The first-order valence-electron chi connectivity index (χ1n) is 14.1. The summed E-state index contributed by atoms with van der Waals surface area (Å²) in [7, 11) is 0. The van der Waals surface area contributed by atoms with Gasteiger partial charge in [-0.05, 0) is 34.7 Å². The summed E-state index contributed by atoms with van der Waals surface area (Å²) in [6.07, 6.45) is 0.195. The number of aliphatic hydroxyl groups is 1. The minimum atomic E-state index is -0.564. The Labute approximate surface area is 260 Å². The monoisotopic (exact) mass is 617 g/mol. The maximum absolute atomic E-state index is 12.0. The molecule has 1 amide bonds. The van der Waals surface area contributed by atoms with Crippen molar-refractivity contribution in [1.29, 1.82) is 0 Å². The van der Waals surface area contributed by atoms with Crippen LogP contribution in [0.5, 0.6) is 0 Å². The Morgan fingerprint density at radius 2 is 1.81 bits per heavy atom. The molecule has 43 heavy (non-hydrogen) atoms. The highest BCUT2D eigenvalue weighted by atomic mass is 32.2. The van der Waals surface area contributed by atoms with Crippen LogP contribution in [0.2, 0.25) is 0 Å². The van der Waals surface area contributed by atoms with Crippen LogP contribution in [0.15, 0.2) is 89.8 Å². The van der Waals surface area contributed by atoms with Gasteiger partial charge in [0.25, 0.3) is 0 Å². The van der Waals surface area contributed by atoms with Crippen molar-refractivity contribution < 1.29 is 24.1 Å². The molecule has 1 saturated heterocycles. The molecular weight excluding hydrogens is 583 g/mol. The number of nitrogens with one attached hydrogen (secondary N) is 1. The highest BCUT2D eigenvalue weighted by Gasteiger charge is 2.38. The second kappa shape index (κ2) is 14.8. The first kappa shape index (κ1) is 30.9. The molecule has 8 nitrogen and oxygen atoms in total. The van der Waals surface area contributed by atoms with Crippen LogP contribution >= 0.6 is 23.1 Å². The molecule has 4 unspecified atom stereocenters. The molecule has 4 aromatic rings. The summed E-state index contributed by atoms with van der Waals surface area (Å²) in [5.74, 6) is 0.795. The van der Waals surface area contributed by atoms with Gasteiger partial charge in [-0.3, -0.25) is 0 Å². The number of aromatic nitrogens is 2. The summed E-state index contributed by atoms with van der Waals surface area (Å²) in [5, 5.41) is 21.7. The molecule has 1 aromatic heterocycles. The van der Waals surface area contributed by atoms with Crippen LogP contribution in [0.1, 0.15) is 46.6 Å². The number of hydrogen-bond donors (Lipinski definition) is 2. The number of carbonyl (C=O) groups excluding carboxylic acids is 1. The molecule has 1 aliphatic rings. The van der Waals surface area contributed by atoms with Gasteiger partial charge in [-0.15, -0.1) is 10.2 Å². The normalized spacial score (nSPS) is 20.0. The lowest BCUT2D eigenvalue weighted by atomic mass is 9.91. The van der Waals surface area contributed by atoms with Gasteiger partial charge in [0.1, 0.15) is 11.6 Å². The Morgan fingerprint density at radius 1 is 1.07 bits per heavy atom. The molecule has 4 atom stereocenters. The number of thioether (sulfide) groups is 1. The second-order valence-electron chi connectivity index (χ2n) is 10.2. The lowest BCUT2D eigenvalue weighted by molar-refractivity contribution is -0.268. The van der Waals surface area contributed by atoms with E-state index in [2.05, 4.69) is 29.0 Å². The molecule has 0 bridgehead atoms. The molecule has 0 saturated carbocycles. The van der Waals surface area contributed by atoms with Gasteiger partial charge in [-0.1, -0.05) is 115 Å². The van der Waals surface area contributed by atoms with Crippen LogP contribution in [0.3, 0.4) is 0 Å². The summed E-state index contributed by atoms with van der Waals surface area (Å²) in [6.45, 7) is 8.17. The fourth-order valence-electron chi connectivity index (χ4n) is 4.93. The number of benzene rings is 3. The minimum Gasteiger partial charge on any atom is -0.445 e. The smallest absolute Gasteiger partial charge is 0.407 e. The number of nitrogens with zero attached hydrogens (tertiary/aromatic N) is 2. The summed E-state index contributed by atoms with van der Waals surface area (Å²) in [6, 6.07) is 24.0. The van der Waals surface area contributed by atoms with E-state index in [4.69, 9.17) is 14.2 Å². The van der Waals surface area contributed by atoms with E-state index in [1.54, 1.807) is 23.1 Å². The number of alkyl carbamates (subject to hydrolysis) is 1. The second-order valence-corrected chi connectivity index (χ2v) is 12.7. The number of aliphatic hydroxyl groups excluding tert-OH is 1. The van der Waals surface area contributed by atoms with Crippen molar-refractivity contribution >= 4 is 29.2 Å². The number of rotatable bonds is 11. The Kier molecular flexibility index (Phi) is 10.6. The molecule has 224 valence electrons. The molecule has 10 heteroatoms. The number of amides is 1. The van der Waals surface area contributed by atoms with E-state index in [1.165, 1.54) is 6.08 Å². The first-order chi connectivity index (χ1) is 20.9. The van der Waals surface area contributed by atoms with Gasteiger partial charge in [0.15, 0.2) is 10.6 Å². The summed E-state index contributed by atoms with van der Waals surface area (Å²) in [5.41, 5.74) is 5.82. The molecule has 1 aliphatic heterocycles. The number of ether oxygens (including phenoxy) is 3. The molecule has 0 spiro atoms. The average Bonchev–Trinajstić information content (AvgIpc) is 3.47. The zero-order valence-corrected chi connectivity index (χ0v) is 25.8. The van der Waals surface area contributed by atoms with Crippen molar-refractivity contribution in [2.75, 3.05) is 12.4 Å². The lowest BCUT2D eigenvalue weighted by Crippen LogP contribution is -2.38. The van der Waals surface area contributed by atoms with Crippen molar-refractivity contribution in [3.63, 3.8) is 0 Å². The molecule has 5 rings (SSSR count). The number of carbonyl (C=O) groups is 1. The highest BCUT2D eigenvalue weighted by Crippen LogP contribution is 2.43. The molecule has 1 fully saturated rings. The summed E-state index contributed by atoms with van der Waals surface area (Å²) >= 11 is 3.23. The third kappa shape index (κ3) is 7.90. The number of hydrogen-bond acceptors (Lipinski definition) is 9. The topological polar surface area (TPSA) is 103 Å². The maximum Gasteiger partial charge on any atom is 0.407 e. The number of aryl methyl sites for hydroxylation is 1. The van der Waals surface area contributed by atoms with Crippen LogP contribution in [-0.4, -0.2) is 39.9 Å². The predicted octanol–water partition coefficient (Wildman–Crippen LogP) is 7.00. The molecular formula is C33H35N3O5S2. The lowest BCUT2D eigenvalue weighted by Gasteiger charge is -2.41. The van der Waals surface area contributed by atoms with E-state index in [0.29, 0.717) is 12.3 Å². The SMILES string of the molecule is C=CCOC(=O)NCc1ccccc1-c1ccc(C2OC(CSc3nnc(C)s3)C(C)C(c3ccc(CO)cc3)O2)cc1. The van der Waals surface area contributed by atoms with Gasteiger partial charge in [0.2, 0.25) is 0 Å². The molecule has 3 aromatic carbocycles. The van der Waals surface area contributed by atoms with E-state index in [-0.39, 0.29) is 31.3 Å². The van der Waals surface area contributed by atoms with Gasteiger partial charge < -0.3 is 24.6 Å². The first-order valence-corrected chi connectivity index (χ1v) is 15.9. The molecule has 2 heterocycles. The summed E-state index contributed by atoms with van der Waals surface area (Å²) in [4.78, 5) is 12.0. The van der Waals surface area contributed by atoms with E-state index in [9.17, 15) is 9.90 Å². The van der Waals surface area contributed by atoms with Gasteiger partial charge in [-0.2, -0.15) is 0 Å². The van der Waals surface area contributed by atoms with Gasteiger partial charge in [-0.25, -0.2) is 4.79 Å². The standard InChI is InChI=1S/C33H35N3O5S2/c1-4-17-39-32(38)34-18-27-7-5-6-8-28(27)24-13-15-26(16-14-24)31-40-29(20-42-33-36-35-22(3)43-33)21(2)30(41-31)25-11-9-23(19-37)10-12-25/h4-16,21,29-31,37H,1,17-20H2,2-3H3,(H,34,38). The van der Waals surface area contributed by atoms with Crippen LogP contribution in [-0.2, 0) is 27.4 Å². The van der Waals surface area contributed by atoms with Gasteiger partial charge in [0.05, 0.1) is 18.8 Å². The van der Waals surface area contributed by atoms with Crippen LogP contribution < -0.4 is 5.32 Å². The van der Waals surface area contributed by atoms with Crippen LogP contribution in [0, 0.1) is 12.8 Å². The van der Waals surface area contributed by atoms with Gasteiger partial charge >= 0.3 is 6.09 Å². The molecule has 2 N–H and O–H groups in total. The predicted molar refractivity (Wildman–Crippen MR) is 169 cm³/mol. The maximum atomic E-state index is 12.0. The minimum absolute atomic E-state index is 0.00143. The zero-order chi connectivity index (χ0) is 30.2. The van der Waals surface area contributed by atoms with E-state index in [1.807, 2.05) is 79.7 Å². The van der Waals surface area contributed by atoms with E-state index >= 15 is 0 Å². The quantitative estimate of drug-likeness (QED) is 0.137. The Bertz CT molecular complexity index is 1510. The van der Waals surface area contributed by atoms with Gasteiger partial charge in [0, 0.05) is 23.8 Å². The van der Waals surface area contributed by atoms with E-state index < -0.39 is 12.4 Å². The molecule has 0 aliphatic carbocycles. The summed E-state index contributed by atoms with van der Waals surface area (Å²) < 4.78 is 19.2. The van der Waals surface area contributed by atoms with Crippen LogP contribution in [0.25, 0.3) is 11.1 Å². The zero-order valence-electron chi connectivity index (χ0n) is 24.1.